The van der Waals surface area contributed by atoms with Crippen molar-refractivity contribution in [3.8, 4) is 0 Å². The van der Waals surface area contributed by atoms with Crippen molar-refractivity contribution >= 4 is 17.7 Å². The molecule has 0 radical (unpaired) electrons. The van der Waals surface area contributed by atoms with E-state index in [9.17, 15) is 14.7 Å². The molecule has 2 N–H and O–H groups in total. The van der Waals surface area contributed by atoms with Gasteiger partial charge in [-0.15, -0.1) is 0 Å². The maximum absolute atomic E-state index is 12.4. The van der Waals surface area contributed by atoms with Gasteiger partial charge >= 0.3 is 12.0 Å². The summed E-state index contributed by atoms with van der Waals surface area (Å²) in [4.78, 5) is 25.3. The summed E-state index contributed by atoms with van der Waals surface area (Å²) in [6.45, 7) is 0.197. The third kappa shape index (κ3) is 2.63. The van der Waals surface area contributed by atoms with Crippen molar-refractivity contribution in [2.75, 3.05) is 11.4 Å². The molecule has 1 aliphatic heterocycles. The molecular weight excluding hydrogens is 268 g/mol. The molecule has 110 valence electrons. The van der Waals surface area contributed by atoms with Gasteiger partial charge in [-0.3, -0.25) is 9.69 Å². The van der Waals surface area contributed by atoms with Crippen molar-refractivity contribution in [2.24, 2.45) is 0 Å². The van der Waals surface area contributed by atoms with Crippen LogP contribution in [0.25, 0.3) is 0 Å². The number of urea groups is 1. The number of nitrogens with one attached hydrogen (secondary N) is 1. The first-order chi connectivity index (χ1) is 10.2. The Hall–Kier alpha value is -2.30. The molecule has 1 heterocycles. The Morgan fingerprint density at radius 3 is 2.76 bits per heavy atom. The number of carboxylic acids is 1. The van der Waals surface area contributed by atoms with Crippen LogP contribution in [0.4, 0.5) is 10.5 Å². The van der Waals surface area contributed by atoms with Crippen molar-refractivity contribution in [1.29, 1.82) is 0 Å². The van der Waals surface area contributed by atoms with E-state index in [2.05, 4.69) is 17.5 Å². The van der Waals surface area contributed by atoms with Crippen LogP contribution in [-0.2, 0) is 4.79 Å². The number of rotatable bonds is 2. The van der Waals surface area contributed by atoms with Gasteiger partial charge in [0, 0.05) is 18.3 Å². The molecule has 1 aromatic carbocycles. The van der Waals surface area contributed by atoms with Gasteiger partial charge in [0.05, 0.1) is 0 Å². The summed E-state index contributed by atoms with van der Waals surface area (Å²) in [7, 11) is 0. The molecule has 2 aliphatic rings. The number of carbonyl (C=O) groups is 2. The molecule has 21 heavy (non-hydrogen) atoms. The average Bonchev–Trinajstić information content (AvgIpc) is 2.88. The van der Waals surface area contributed by atoms with Crippen LogP contribution >= 0.6 is 0 Å². The normalized spacial score (nSPS) is 23.7. The van der Waals surface area contributed by atoms with E-state index in [0.29, 0.717) is 11.3 Å². The first-order valence-electron chi connectivity index (χ1n) is 7.21. The number of anilines is 1. The number of carbonyl (C=O) groups excluding carboxylic acids is 1. The fourth-order valence-electron chi connectivity index (χ4n) is 2.99. The fourth-order valence-corrected chi connectivity index (χ4v) is 2.99. The zero-order chi connectivity index (χ0) is 14.8. The molecule has 1 aromatic rings. The number of aliphatic carboxylic acids is 1. The van der Waals surface area contributed by atoms with Crippen molar-refractivity contribution < 1.29 is 14.7 Å². The predicted octanol–water partition coefficient (Wildman–Crippen LogP) is 2.49. The SMILES string of the molecule is O=C(O)C1CN(C(=O)NC2CC=CCC2)c2ccccc21. The van der Waals surface area contributed by atoms with Crippen molar-refractivity contribution in [2.45, 2.75) is 31.2 Å². The van der Waals surface area contributed by atoms with E-state index in [4.69, 9.17) is 0 Å². The average molecular weight is 286 g/mol. The Kier molecular flexibility index (Phi) is 3.64. The molecule has 5 nitrogen and oxygen atoms in total. The lowest BCUT2D eigenvalue weighted by atomic mass is 10.0. The summed E-state index contributed by atoms with van der Waals surface area (Å²) in [5.41, 5.74) is 1.41. The van der Waals surface area contributed by atoms with Gasteiger partial charge in [-0.25, -0.2) is 4.79 Å². The molecule has 2 amide bonds. The van der Waals surface area contributed by atoms with Gasteiger partial charge in [0.2, 0.25) is 0 Å². The van der Waals surface area contributed by atoms with Crippen LogP contribution in [0, 0.1) is 0 Å². The van der Waals surface area contributed by atoms with E-state index in [1.165, 1.54) is 0 Å². The minimum atomic E-state index is -0.890. The van der Waals surface area contributed by atoms with Gasteiger partial charge in [-0.2, -0.15) is 0 Å². The molecule has 3 rings (SSSR count). The van der Waals surface area contributed by atoms with Crippen molar-refractivity contribution in [1.82, 2.24) is 5.32 Å². The lowest BCUT2D eigenvalue weighted by Gasteiger charge is -2.24. The minimum Gasteiger partial charge on any atom is -0.481 e. The van der Waals surface area contributed by atoms with Gasteiger partial charge in [0.1, 0.15) is 5.92 Å². The Balaban J connectivity index is 1.78. The number of carboxylic acid groups (broad SMARTS) is 1. The number of benzene rings is 1. The Morgan fingerprint density at radius 2 is 2.05 bits per heavy atom. The predicted molar refractivity (Wildman–Crippen MR) is 79.5 cm³/mol. The van der Waals surface area contributed by atoms with Crippen LogP contribution in [0.3, 0.4) is 0 Å². The van der Waals surface area contributed by atoms with E-state index in [0.717, 1.165) is 19.3 Å². The maximum atomic E-state index is 12.4. The van der Waals surface area contributed by atoms with E-state index < -0.39 is 11.9 Å². The highest BCUT2D eigenvalue weighted by Crippen LogP contribution is 2.36. The Labute approximate surface area is 123 Å². The highest BCUT2D eigenvalue weighted by atomic mass is 16.4. The van der Waals surface area contributed by atoms with Crippen molar-refractivity contribution in [3.63, 3.8) is 0 Å². The molecule has 0 spiro atoms. The summed E-state index contributed by atoms with van der Waals surface area (Å²) in [6, 6.07) is 7.16. The first kappa shape index (κ1) is 13.7. The highest BCUT2D eigenvalue weighted by molar-refractivity contribution is 5.98. The molecule has 2 atom stereocenters. The second-order valence-electron chi connectivity index (χ2n) is 5.49. The van der Waals surface area contributed by atoms with E-state index in [1.807, 2.05) is 12.1 Å². The largest absolute Gasteiger partial charge is 0.481 e. The minimum absolute atomic E-state index is 0.138. The third-order valence-corrected chi connectivity index (χ3v) is 4.11. The number of fused-ring (bicyclic) bond motifs is 1. The number of nitrogens with zero attached hydrogens (tertiary/aromatic N) is 1. The molecule has 0 aromatic heterocycles. The topological polar surface area (TPSA) is 69.6 Å². The monoisotopic (exact) mass is 286 g/mol. The molecule has 1 aliphatic carbocycles. The van der Waals surface area contributed by atoms with E-state index in [1.54, 1.807) is 17.0 Å². The summed E-state index contributed by atoms with van der Waals surface area (Å²) in [5, 5.41) is 12.3. The lowest BCUT2D eigenvalue weighted by Crippen LogP contribution is -2.45. The summed E-state index contributed by atoms with van der Waals surface area (Å²) >= 11 is 0. The van der Waals surface area contributed by atoms with Crippen LogP contribution in [-0.4, -0.2) is 29.7 Å². The second kappa shape index (κ2) is 5.60. The van der Waals surface area contributed by atoms with Crippen LogP contribution in [0.2, 0.25) is 0 Å². The Morgan fingerprint density at radius 1 is 1.24 bits per heavy atom. The first-order valence-corrected chi connectivity index (χ1v) is 7.21. The maximum Gasteiger partial charge on any atom is 0.322 e. The summed E-state index contributed by atoms with van der Waals surface area (Å²) in [5.74, 6) is -1.53. The smallest absolute Gasteiger partial charge is 0.322 e. The molecular formula is C16H18N2O3. The van der Waals surface area contributed by atoms with Gasteiger partial charge < -0.3 is 10.4 Å². The number of allylic oxidation sites excluding steroid dienone is 1. The number of amides is 2. The number of para-hydroxylation sites is 1. The molecule has 0 bridgehead atoms. The summed E-state index contributed by atoms with van der Waals surface area (Å²) in [6.07, 6.45) is 6.93. The van der Waals surface area contributed by atoms with Gasteiger partial charge in [0.15, 0.2) is 0 Å². The van der Waals surface area contributed by atoms with Gasteiger partial charge in [-0.05, 0) is 30.9 Å². The zero-order valence-electron chi connectivity index (χ0n) is 11.7. The lowest BCUT2D eigenvalue weighted by molar-refractivity contribution is -0.138. The Bertz CT molecular complexity index is 597. The molecule has 5 heteroatoms. The molecule has 0 saturated heterocycles. The van der Waals surface area contributed by atoms with Gasteiger partial charge in [0.25, 0.3) is 0 Å². The van der Waals surface area contributed by atoms with E-state index >= 15 is 0 Å². The standard InChI is InChI=1S/C16H18N2O3/c19-15(20)13-10-18(14-9-5-4-8-12(13)14)16(21)17-11-6-2-1-3-7-11/h1-2,4-5,8-9,11,13H,3,6-7,10H2,(H,17,21)(H,19,20). The van der Waals surface area contributed by atoms with E-state index in [-0.39, 0.29) is 18.6 Å². The van der Waals surface area contributed by atoms with Gasteiger partial charge in [-0.1, -0.05) is 30.4 Å². The quantitative estimate of drug-likeness (QED) is 0.821. The highest BCUT2D eigenvalue weighted by Gasteiger charge is 2.36. The van der Waals surface area contributed by atoms with Crippen LogP contribution in [0.1, 0.15) is 30.7 Å². The fraction of sp³-hybridized carbons (Fsp3) is 0.375. The molecule has 0 fully saturated rings. The van der Waals surface area contributed by atoms with Crippen molar-refractivity contribution in [3.05, 3.63) is 42.0 Å². The molecule has 0 saturated carbocycles. The summed E-state index contributed by atoms with van der Waals surface area (Å²) < 4.78 is 0. The van der Waals surface area contributed by atoms with Crippen LogP contribution in [0.5, 0.6) is 0 Å². The zero-order valence-corrected chi connectivity index (χ0v) is 11.7. The third-order valence-electron chi connectivity index (χ3n) is 4.11. The number of hydrogen-bond acceptors (Lipinski definition) is 2. The number of hydrogen-bond donors (Lipinski definition) is 2. The van der Waals surface area contributed by atoms with Crippen LogP contribution in [0.15, 0.2) is 36.4 Å². The van der Waals surface area contributed by atoms with Crippen LogP contribution < -0.4 is 10.2 Å². The molecule has 2 unspecified atom stereocenters. The second-order valence-corrected chi connectivity index (χ2v) is 5.49.